The molecule has 5 nitrogen and oxygen atoms in total. The molecule has 0 saturated carbocycles. The molecule has 0 atom stereocenters. The Morgan fingerprint density at radius 3 is 2.38 bits per heavy atom. The fourth-order valence-electron chi connectivity index (χ4n) is 2.88. The molecule has 0 bridgehead atoms. The fourth-order valence-corrected chi connectivity index (χ4v) is 3.05. The molecule has 0 heterocycles. The van der Waals surface area contributed by atoms with Crippen molar-refractivity contribution in [3.05, 3.63) is 82.4 Å². The molecule has 150 valence electrons. The van der Waals surface area contributed by atoms with Crippen molar-refractivity contribution in [3.8, 4) is 17.2 Å². The number of benzene rings is 3. The first-order chi connectivity index (χ1) is 14.0. The maximum absolute atomic E-state index is 12.8. The quantitative estimate of drug-likeness (QED) is 0.558. The van der Waals surface area contributed by atoms with E-state index in [1.54, 1.807) is 43.5 Å². The number of rotatable bonds is 7. The molecule has 29 heavy (non-hydrogen) atoms. The number of carbonyl (C=O) groups is 1. The summed E-state index contributed by atoms with van der Waals surface area (Å²) in [6.45, 7) is 2.25. The second-order valence-electron chi connectivity index (χ2n) is 6.38. The summed E-state index contributed by atoms with van der Waals surface area (Å²) in [5, 5.41) is 3.34. The first kappa shape index (κ1) is 20.6. The molecule has 3 aromatic rings. The lowest BCUT2D eigenvalue weighted by Gasteiger charge is -2.14. The van der Waals surface area contributed by atoms with Crippen LogP contribution >= 0.6 is 11.6 Å². The van der Waals surface area contributed by atoms with E-state index in [1.807, 2.05) is 31.2 Å². The Bertz CT molecular complexity index is 1020. The number of amides is 1. The molecule has 1 amide bonds. The molecule has 0 radical (unpaired) electrons. The largest absolute Gasteiger partial charge is 0.496 e. The minimum atomic E-state index is -0.287. The van der Waals surface area contributed by atoms with Crippen LogP contribution < -0.4 is 19.5 Å². The molecule has 0 spiro atoms. The van der Waals surface area contributed by atoms with Crippen molar-refractivity contribution in [3.63, 3.8) is 0 Å². The summed E-state index contributed by atoms with van der Waals surface area (Å²) in [5.41, 5.74) is 2.77. The number of hydrogen-bond donors (Lipinski definition) is 1. The number of halogens is 1. The zero-order chi connectivity index (χ0) is 20.8. The Kier molecular flexibility index (Phi) is 6.62. The second-order valence-corrected chi connectivity index (χ2v) is 6.82. The van der Waals surface area contributed by atoms with E-state index in [4.69, 9.17) is 25.8 Å². The summed E-state index contributed by atoms with van der Waals surface area (Å²) in [6.07, 6.45) is 0. The van der Waals surface area contributed by atoms with Crippen molar-refractivity contribution in [2.75, 3.05) is 19.5 Å². The van der Waals surface area contributed by atoms with Crippen LogP contribution in [0.25, 0.3) is 0 Å². The molecule has 0 aliphatic carbocycles. The van der Waals surface area contributed by atoms with Gasteiger partial charge in [-0.1, -0.05) is 29.8 Å². The predicted molar refractivity (Wildman–Crippen MR) is 114 cm³/mol. The number of carbonyl (C=O) groups excluding carboxylic acids is 1. The van der Waals surface area contributed by atoms with Gasteiger partial charge in [0.15, 0.2) is 0 Å². The Morgan fingerprint density at radius 1 is 0.931 bits per heavy atom. The van der Waals surface area contributed by atoms with E-state index in [-0.39, 0.29) is 12.5 Å². The number of hydrogen-bond acceptors (Lipinski definition) is 4. The predicted octanol–water partition coefficient (Wildman–Crippen LogP) is 5.50. The standard InChI is InChI=1S/C23H22ClNO4/c1-15-6-4-5-7-20(15)29-14-17-12-16(8-10-21(17)27-2)23(26)25-19-13-18(24)9-11-22(19)28-3/h4-13H,14H2,1-3H3,(H,25,26). The lowest BCUT2D eigenvalue weighted by Crippen LogP contribution is -2.13. The van der Waals surface area contributed by atoms with E-state index in [9.17, 15) is 4.79 Å². The van der Waals surface area contributed by atoms with Crippen LogP contribution in [0.15, 0.2) is 60.7 Å². The summed E-state index contributed by atoms with van der Waals surface area (Å²) in [7, 11) is 3.12. The summed E-state index contributed by atoms with van der Waals surface area (Å²) < 4.78 is 16.6. The monoisotopic (exact) mass is 411 g/mol. The highest BCUT2D eigenvalue weighted by Gasteiger charge is 2.14. The maximum Gasteiger partial charge on any atom is 0.255 e. The summed E-state index contributed by atoms with van der Waals surface area (Å²) in [4.78, 5) is 12.8. The van der Waals surface area contributed by atoms with Crippen LogP contribution in [0, 0.1) is 6.92 Å². The zero-order valence-corrected chi connectivity index (χ0v) is 17.2. The Morgan fingerprint density at radius 2 is 1.66 bits per heavy atom. The number of methoxy groups -OCH3 is 2. The molecular weight excluding hydrogens is 390 g/mol. The zero-order valence-electron chi connectivity index (χ0n) is 16.5. The van der Waals surface area contributed by atoms with Crippen LogP contribution in [0.3, 0.4) is 0 Å². The number of anilines is 1. The van der Waals surface area contributed by atoms with Crippen molar-refractivity contribution in [1.82, 2.24) is 0 Å². The van der Waals surface area contributed by atoms with Crippen molar-refractivity contribution in [2.24, 2.45) is 0 Å². The molecule has 0 unspecified atom stereocenters. The number of nitrogens with one attached hydrogen (secondary N) is 1. The van der Waals surface area contributed by atoms with E-state index >= 15 is 0 Å². The highest BCUT2D eigenvalue weighted by Crippen LogP contribution is 2.29. The smallest absolute Gasteiger partial charge is 0.255 e. The number of aryl methyl sites for hydroxylation is 1. The maximum atomic E-state index is 12.8. The number of para-hydroxylation sites is 1. The molecule has 3 rings (SSSR count). The van der Waals surface area contributed by atoms with Crippen LogP contribution in [0.5, 0.6) is 17.2 Å². The highest BCUT2D eigenvalue weighted by molar-refractivity contribution is 6.31. The lowest BCUT2D eigenvalue weighted by atomic mass is 10.1. The fraction of sp³-hybridized carbons (Fsp3) is 0.174. The van der Waals surface area contributed by atoms with Crippen molar-refractivity contribution < 1.29 is 19.0 Å². The highest BCUT2D eigenvalue weighted by atomic mass is 35.5. The Balaban J connectivity index is 1.81. The Hall–Kier alpha value is -3.18. The van der Waals surface area contributed by atoms with Crippen LogP contribution in [0.1, 0.15) is 21.5 Å². The average molecular weight is 412 g/mol. The third kappa shape index (κ3) is 5.00. The van der Waals surface area contributed by atoms with E-state index in [2.05, 4.69) is 5.32 Å². The first-order valence-corrected chi connectivity index (χ1v) is 9.40. The first-order valence-electron chi connectivity index (χ1n) is 9.02. The van der Waals surface area contributed by atoms with Crippen molar-refractivity contribution >= 4 is 23.2 Å². The molecular formula is C23H22ClNO4. The van der Waals surface area contributed by atoms with Crippen LogP contribution in [-0.2, 0) is 6.61 Å². The van der Waals surface area contributed by atoms with Gasteiger partial charge in [0.25, 0.3) is 5.91 Å². The van der Waals surface area contributed by atoms with Gasteiger partial charge in [0.2, 0.25) is 0 Å². The van der Waals surface area contributed by atoms with E-state index in [0.717, 1.165) is 16.9 Å². The topological polar surface area (TPSA) is 56.8 Å². The van der Waals surface area contributed by atoms with Crippen LogP contribution in [-0.4, -0.2) is 20.1 Å². The average Bonchev–Trinajstić information content (AvgIpc) is 2.73. The minimum absolute atomic E-state index is 0.273. The normalized spacial score (nSPS) is 10.3. The summed E-state index contributed by atoms with van der Waals surface area (Å²) >= 11 is 6.04. The van der Waals surface area contributed by atoms with E-state index in [0.29, 0.717) is 27.8 Å². The van der Waals surface area contributed by atoms with Crippen LogP contribution in [0.2, 0.25) is 5.02 Å². The van der Waals surface area contributed by atoms with Gasteiger partial charge in [0, 0.05) is 16.1 Å². The molecule has 3 aromatic carbocycles. The second kappa shape index (κ2) is 9.34. The summed E-state index contributed by atoms with van der Waals surface area (Å²) in [6, 6.07) is 18.0. The summed E-state index contributed by atoms with van der Waals surface area (Å²) in [5.74, 6) is 1.67. The van der Waals surface area contributed by atoms with Crippen molar-refractivity contribution in [2.45, 2.75) is 13.5 Å². The lowest BCUT2D eigenvalue weighted by molar-refractivity contribution is 0.102. The third-order valence-electron chi connectivity index (χ3n) is 4.43. The molecule has 0 aromatic heterocycles. The van der Waals surface area contributed by atoms with Gasteiger partial charge in [-0.05, 0) is 55.0 Å². The van der Waals surface area contributed by atoms with Gasteiger partial charge in [-0.15, -0.1) is 0 Å². The molecule has 6 heteroatoms. The SMILES string of the molecule is COc1ccc(C(=O)Nc2cc(Cl)ccc2OC)cc1COc1ccccc1C. The van der Waals surface area contributed by atoms with Gasteiger partial charge in [0.1, 0.15) is 23.9 Å². The molecule has 0 aliphatic rings. The van der Waals surface area contributed by atoms with Gasteiger partial charge in [0.05, 0.1) is 19.9 Å². The van der Waals surface area contributed by atoms with Crippen LogP contribution in [0.4, 0.5) is 5.69 Å². The third-order valence-corrected chi connectivity index (χ3v) is 4.66. The molecule has 0 aliphatic heterocycles. The van der Waals surface area contributed by atoms with Crippen molar-refractivity contribution in [1.29, 1.82) is 0 Å². The molecule has 1 N–H and O–H groups in total. The van der Waals surface area contributed by atoms with Gasteiger partial charge >= 0.3 is 0 Å². The number of ether oxygens (including phenoxy) is 3. The van der Waals surface area contributed by atoms with Gasteiger partial charge in [-0.2, -0.15) is 0 Å². The molecule has 0 fully saturated rings. The minimum Gasteiger partial charge on any atom is -0.496 e. The molecule has 0 saturated heterocycles. The van der Waals surface area contributed by atoms with Gasteiger partial charge < -0.3 is 19.5 Å². The van der Waals surface area contributed by atoms with Gasteiger partial charge in [-0.25, -0.2) is 0 Å². The van der Waals surface area contributed by atoms with E-state index in [1.165, 1.54) is 7.11 Å². The van der Waals surface area contributed by atoms with E-state index < -0.39 is 0 Å². The Labute approximate surface area is 175 Å². The van der Waals surface area contributed by atoms with Gasteiger partial charge in [-0.3, -0.25) is 4.79 Å².